The van der Waals surface area contributed by atoms with E-state index in [1.807, 2.05) is 0 Å². The van der Waals surface area contributed by atoms with Crippen molar-refractivity contribution in [3.8, 4) is 5.75 Å². The topological polar surface area (TPSA) is 97.0 Å². The molecule has 0 aliphatic carbocycles. The van der Waals surface area contributed by atoms with Crippen molar-refractivity contribution in [2.24, 2.45) is 5.92 Å². The van der Waals surface area contributed by atoms with E-state index in [2.05, 4.69) is 31.4 Å². The Balaban J connectivity index is 1.73. The standard InChI is InChI=1S/C31H49N3O5S/c1-4-5-6-7-8-9-10-11-12-13-21-39-28(35)23-27-30(37)32-19-20-34(27)31(40)33-29(36)25-14-16-26(17-15-25)38-22-18-24(2)3/h14-17,24,27H,4-13,18-23H2,1-3H3,(H,32,37)(H,33,36,40). The van der Waals surface area contributed by atoms with Crippen molar-refractivity contribution < 1.29 is 23.9 Å². The van der Waals surface area contributed by atoms with Gasteiger partial charge in [0.2, 0.25) is 5.91 Å². The maximum absolute atomic E-state index is 12.8. The zero-order valence-electron chi connectivity index (χ0n) is 24.7. The summed E-state index contributed by atoms with van der Waals surface area (Å²) in [6.45, 7) is 8.24. The molecule has 1 saturated heterocycles. The molecule has 0 saturated carbocycles. The number of nitrogens with one attached hydrogen (secondary N) is 2. The van der Waals surface area contributed by atoms with Crippen LogP contribution in [-0.4, -0.2) is 60.1 Å². The van der Waals surface area contributed by atoms with Crippen LogP contribution in [0.5, 0.6) is 5.75 Å². The van der Waals surface area contributed by atoms with E-state index >= 15 is 0 Å². The van der Waals surface area contributed by atoms with Crippen LogP contribution in [0.25, 0.3) is 0 Å². The molecule has 0 bridgehead atoms. The van der Waals surface area contributed by atoms with Crippen molar-refractivity contribution in [2.45, 2.75) is 104 Å². The highest BCUT2D eigenvalue weighted by Gasteiger charge is 2.34. The Bertz CT molecular complexity index is 922. The second-order valence-electron chi connectivity index (χ2n) is 10.9. The summed E-state index contributed by atoms with van der Waals surface area (Å²) >= 11 is 5.46. The predicted octanol–water partition coefficient (Wildman–Crippen LogP) is 5.78. The number of rotatable bonds is 18. The van der Waals surface area contributed by atoms with Crippen LogP contribution in [0.4, 0.5) is 0 Å². The number of hydrogen-bond donors (Lipinski definition) is 2. The lowest BCUT2D eigenvalue weighted by atomic mass is 10.1. The number of nitrogens with zero attached hydrogens (tertiary/aromatic N) is 1. The van der Waals surface area contributed by atoms with Gasteiger partial charge >= 0.3 is 5.97 Å². The predicted molar refractivity (Wildman–Crippen MR) is 162 cm³/mol. The monoisotopic (exact) mass is 575 g/mol. The van der Waals surface area contributed by atoms with Crippen molar-refractivity contribution in [3.63, 3.8) is 0 Å². The molecule has 1 fully saturated rings. The Morgan fingerprint density at radius 3 is 2.25 bits per heavy atom. The molecule has 8 nitrogen and oxygen atoms in total. The van der Waals surface area contributed by atoms with E-state index in [1.165, 1.54) is 44.9 Å². The number of esters is 1. The summed E-state index contributed by atoms with van der Waals surface area (Å²) in [5.74, 6) is 0.126. The summed E-state index contributed by atoms with van der Waals surface area (Å²) in [7, 11) is 0. The third-order valence-electron chi connectivity index (χ3n) is 7.01. The number of carbonyl (C=O) groups excluding carboxylic acids is 3. The number of carbonyl (C=O) groups is 3. The quantitative estimate of drug-likeness (QED) is 0.130. The number of benzene rings is 1. The van der Waals surface area contributed by atoms with Crippen LogP contribution in [0.3, 0.4) is 0 Å². The highest BCUT2D eigenvalue weighted by Crippen LogP contribution is 2.15. The molecule has 0 radical (unpaired) electrons. The van der Waals surface area contributed by atoms with Gasteiger partial charge in [-0.15, -0.1) is 0 Å². The van der Waals surface area contributed by atoms with Crippen molar-refractivity contribution >= 4 is 35.1 Å². The van der Waals surface area contributed by atoms with Crippen molar-refractivity contribution in [1.29, 1.82) is 0 Å². The average molecular weight is 576 g/mol. The third kappa shape index (κ3) is 13.1. The second kappa shape index (κ2) is 19.4. The fraction of sp³-hybridized carbons (Fsp3) is 0.677. The van der Waals surface area contributed by atoms with Crippen LogP contribution >= 0.6 is 12.2 Å². The molecule has 9 heteroatoms. The molecule has 40 heavy (non-hydrogen) atoms. The Kier molecular flexibility index (Phi) is 16.3. The molecular weight excluding hydrogens is 526 g/mol. The smallest absolute Gasteiger partial charge is 0.308 e. The van der Waals surface area contributed by atoms with Gasteiger partial charge in [0, 0.05) is 18.7 Å². The van der Waals surface area contributed by atoms with Crippen LogP contribution in [0, 0.1) is 5.92 Å². The van der Waals surface area contributed by atoms with E-state index in [9.17, 15) is 14.4 Å². The molecule has 2 amide bonds. The van der Waals surface area contributed by atoms with Gasteiger partial charge in [0.05, 0.1) is 19.6 Å². The van der Waals surface area contributed by atoms with E-state index in [0.29, 0.717) is 43.5 Å². The minimum absolute atomic E-state index is 0.115. The van der Waals surface area contributed by atoms with Crippen molar-refractivity contribution in [1.82, 2.24) is 15.5 Å². The van der Waals surface area contributed by atoms with Gasteiger partial charge in [-0.3, -0.25) is 19.7 Å². The fourth-order valence-corrected chi connectivity index (χ4v) is 4.82. The maximum Gasteiger partial charge on any atom is 0.308 e. The van der Waals surface area contributed by atoms with Crippen molar-refractivity contribution in [3.05, 3.63) is 29.8 Å². The number of unbranched alkanes of at least 4 members (excludes halogenated alkanes) is 9. The molecule has 1 aromatic carbocycles. The Labute approximate surface area is 245 Å². The second-order valence-corrected chi connectivity index (χ2v) is 11.3. The number of amides is 2. The zero-order chi connectivity index (χ0) is 29.2. The molecule has 2 rings (SSSR count). The van der Waals surface area contributed by atoms with Crippen LogP contribution < -0.4 is 15.4 Å². The maximum atomic E-state index is 12.8. The summed E-state index contributed by atoms with van der Waals surface area (Å²) in [4.78, 5) is 39.5. The molecule has 1 aromatic rings. The molecule has 1 heterocycles. The minimum atomic E-state index is -0.821. The van der Waals surface area contributed by atoms with E-state index < -0.39 is 12.0 Å². The summed E-state index contributed by atoms with van der Waals surface area (Å²) in [5, 5.41) is 5.59. The van der Waals surface area contributed by atoms with Crippen LogP contribution in [0.15, 0.2) is 24.3 Å². The van der Waals surface area contributed by atoms with Gasteiger partial charge in [0.25, 0.3) is 5.91 Å². The molecular formula is C31H49N3O5S. The molecule has 0 spiro atoms. The van der Waals surface area contributed by atoms with E-state index in [-0.39, 0.29) is 23.3 Å². The normalized spacial score (nSPS) is 15.1. The number of hydrogen-bond acceptors (Lipinski definition) is 6. The number of piperazine rings is 1. The molecule has 2 N–H and O–H groups in total. The first-order valence-corrected chi connectivity index (χ1v) is 15.5. The molecule has 1 aliphatic rings. The molecule has 1 aliphatic heterocycles. The highest BCUT2D eigenvalue weighted by molar-refractivity contribution is 7.80. The Morgan fingerprint density at radius 1 is 1.00 bits per heavy atom. The molecule has 0 aromatic heterocycles. The van der Waals surface area contributed by atoms with E-state index in [1.54, 1.807) is 29.2 Å². The lowest BCUT2D eigenvalue weighted by molar-refractivity contribution is -0.147. The van der Waals surface area contributed by atoms with E-state index in [0.717, 1.165) is 25.7 Å². The van der Waals surface area contributed by atoms with Crippen LogP contribution in [-0.2, 0) is 14.3 Å². The largest absolute Gasteiger partial charge is 0.494 e. The number of thiocarbonyl (C=S) groups is 1. The number of ether oxygens (including phenoxy) is 2. The first-order valence-electron chi connectivity index (χ1n) is 15.1. The van der Waals surface area contributed by atoms with Gasteiger partial charge in [-0.25, -0.2) is 0 Å². The van der Waals surface area contributed by atoms with Gasteiger partial charge in [-0.05, 0) is 55.2 Å². The SMILES string of the molecule is CCCCCCCCCCCCOC(=O)CC1C(=O)NCCN1C(=S)NC(=O)c1ccc(OCCC(C)C)cc1. The van der Waals surface area contributed by atoms with Gasteiger partial charge in [-0.2, -0.15) is 0 Å². The van der Waals surface area contributed by atoms with Gasteiger partial charge < -0.3 is 19.7 Å². The first kappa shape index (κ1) is 33.5. The Hall–Kier alpha value is -2.68. The first-order chi connectivity index (χ1) is 19.3. The fourth-order valence-electron chi connectivity index (χ4n) is 4.51. The lowest BCUT2D eigenvalue weighted by Crippen LogP contribution is -2.60. The zero-order valence-corrected chi connectivity index (χ0v) is 25.5. The molecule has 1 unspecified atom stereocenters. The van der Waals surface area contributed by atoms with Gasteiger partial charge in [0.15, 0.2) is 5.11 Å². The summed E-state index contributed by atoms with van der Waals surface area (Å²) < 4.78 is 11.1. The molecule has 224 valence electrons. The lowest BCUT2D eigenvalue weighted by Gasteiger charge is -2.36. The average Bonchev–Trinajstić information content (AvgIpc) is 2.93. The van der Waals surface area contributed by atoms with Gasteiger partial charge in [0.1, 0.15) is 11.8 Å². The van der Waals surface area contributed by atoms with Gasteiger partial charge in [-0.1, -0.05) is 78.6 Å². The van der Waals surface area contributed by atoms with Crippen molar-refractivity contribution in [2.75, 3.05) is 26.3 Å². The van der Waals surface area contributed by atoms with Crippen LogP contribution in [0.1, 0.15) is 108 Å². The van der Waals surface area contributed by atoms with Crippen LogP contribution in [0.2, 0.25) is 0 Å². The summed E-state index contributed by atoms with van der Waals surface area (Å²) in [5.41, 5.74) is 0.424. The summed E-state index contributed by atoms with van der Waals surface area (Å²) in [6, 6.07) is 6.03. The minimum Gasteiger partial charge on any atom is -0.494 e. The highest BCUT2D eigenvalue weighted by atomic mass is 32.1. The van der Waals surface area contributed by atoms with E-state index in [4.69, 9.17) is 21.7 Å². The third-order valence-corrected chi connectivity index (χ3v) is 7.35. The summed E-state index contributed by atoms with van der Waals surface area (Å²) in [6.07, 6.45) is 12.9. The molecule has 1 atom stereocenters. The Morgan fingerprint density at radius 2 is 1.62 bits per heavy atom.